The summed E-state index contributed by atoms with van der Waals surface area (Å²) in [5.74, 6) is 0. The lowest BCUT2D eigenvalue weighted by Gasteiger charge is -2.37. The molecule has 0 amide bonds. The van der Waals surface area contributed by atoms with Gasteiger partial charge in [-0.25, -0.2) is 4.98 Å². The molecule has 0 saturated carbocycles. The molecule has 4 rings (SSSR count). The first-order chi connectivity index (χ1) is 17.6. The third-order valence-corrected chi connectivity index (χ3v) is 6.69. The van der Waals surface area contributed by atoms with E-state index in [1.165, 1.54) is 11.8 Å². The summed E-state index contributed by atoms with van der Waals surface area (Å²) < 4.78 is 17.4. The van der Waals surface area contributed by atoms with E-state index in [0.717, 1.165) is 22.9 Å². The van der Waals surface area contributed by atoms with Gasteiger partial charge in [0.15, 0.2) is 0 Å². The van der Waals surface area contributed by atoms with Crippen LogP contribution in [0.4, 0.5) is 4.39 Å². The van der Waals surface area contributed by atoms with Crippen molar-refractivity contribution < 1.29 is 9.31 Å². The summed E-state index contributed by atoms with van der Waals surface area (Å²) in [6.45, 7) is 0.510. The lowest BCUT2D eigenvalue weighted by molar-refractivity contribution is -0.403. The van der Waals surface area contributed by atoms with Crippen LogP contribution in [0.15, 0.2) is 108 Å². The van der Waals surface area contributed by atoms with Crippen LogP contribution in [0.5, 0.6) is 0 Å². The van der Waals surface area contributed by atoms with Crippen molar-refractivity contribution in [3.63, 3.8) is 0 Å². The van der Waals surface area contributed by atoms with Crippen LogP contribution in [0.3, 0.4) is 0 Å². The van der Waals surface area contributed by atoms with E-state index in [0.29, 0.717) is 30.1 Å². The van der Waals surface area contributed by atoms with Gasteiger partial charge < -0.3 is 5.32 Å². The highest BCUT2D eigenvalue weighted by Crippen LogP contribution is 2.41. The SMILES string of the molecule is CSC(=C[N+](=O)[O-])NCCCc1cn(C(c2ccccc2)(c2ccccc2)c2ccccc2)c(F)n1. The molecule has 0 radical (unpaired) electrons. The molecule has 0 spiro atoms. The molecule has 36 heavy (non-hydrogen) atoms. The van der Waals surface area contributed by atoms with Crippen molar-refractivity contribution in [2.24, 2.45) is 0 Å². The zero-order valence-electron chi connectivity index (χ0n) is 19.9. The number of nitrogens with one attached hydrogen (secondary N) is 1. The van der Waals surface area contributed by atoms with Crippen molar-refractivity contribution in [3.05, 3.63) is 147 Å². The number of imidazole rings is 1. The van der Waals surface area contributed by atoms with E-state index in [4.69, 9.17) is 0 Å². The van der Waals surface area contributed by atoms with Crippen molar-refractivity contribution in [1.82, 2.24) is 14.9 Å². The number of hydrogen-bond donors (Lipinski definition) is 1. The van der Waals surface area contributed by atoms with Gasteiger partial charge in [0.05, 0.1) is 10.6 Å². The minimum absolute atomic E-state index is 0.480. The van der Waals surface area contributed by atoms with E-state index in [-0.39, 0.29) is 0 Å². The number of hydrogen-bond acceptors (Lipinski definition) is 5. The second-order valence-corrected chi connectivity index (χ2v) is 9.04. The van der Waals surface area contributed by atoms with Crippen molar-refractivity contribution in [3.8, 4) is 0 Å². The van der Waals surface area contributed by atoms with Gasteiger partial charge in [0, 0.05) is 12.7 Å². The normalized spacial score (nSPS) is 11.9. The van der Waals surface area contributed by atoms with Gasteiger partial charge in [-0.2, -0.15) is 4.39 Å². The fourth-order valence-corrected chi connectivity index (χ4v) is 4.90. The van der Waals surface area contributed by atoms with Gasteiger partial charge in [-0.3, -0.25) is 14.7 Å². The van der Waals surface area contributed by atoms with Crippen LogP contribution in [0.25, 0.3) is 0 Å². The molecule has 0 aliphatic heterocycles. The number of nitro groups is 1. The molecule has 3 aromatic carbocycles. The van der Waals surface area contributed by atoms with Gasteiger partial charge >= 0.3 is 0 Å². The Morgan fingerprint density at radius 3 is 1.94 bits per heavy atom. The maximum atomic E-state index is 15.7. The molecule has 0 bridgehead atoms. The van der Waals surface area contributed by atoms with Crippen LogP contribution < -0.4 is 5.32 Å². The monoisotopic (exact) mass is 502 g/mol. The van der Waals surface area contributed by atoms with Crippen LogP contribution in [-0.2, 0) is 12.0 Å². The number of rotatable bonds is 11. The summed E-state index contributed by atoms with van der Waals surface area (Å²) in [7, 11) is 0. The number of benzene rings is 3. The first kappa shape index (κ1) is 25.2. The average molecular weight is 503 g/mol. The van der Waals surface area contributed by atoms with Crippen molar-refractivity contribution >= 4 is 11.8 Å². The quantitative estimate of drug-likeness (QED) is 0.121. The molecule has 8 heteroatoms. The Bertz CT molecular complexity index is 1210. The number of aryl methyl sites for hydroxylation is 1. The molecule has 0 fully saturated rings. The van der Waals surface area contributed by atoms with Gasteiger partial charge in [0.25, 0.3) is 12.3 Å². The Morgan fingerprint density at radius 2 is 1.50 bits per heavy atom. The molecular formula is C28H27FN4O2S. The van der Waals surface area contributed by atoms with Crippen LogP contribution >= 0.6 is 11.8 Å². The summed E-state index contributed by atoms with van der Waals surface area (Å²) in [5, 5.41) is 14.3. The Labute approximate surface area is 214 Å². The largest absolute Gasteiger partial charge is 0.375 e. The number of halogens is 1. The molecule has 0 aliphatic rings. The topological polar surface area (TPSA) is 73.0 Å². The van der Waals surface area contributed by atoms with Gasteiger partial charge in [0.2, 0.25) is 0 Å². The molecule has 184 valence electrons. The first-order valence-electron chi connectivity index (χ1n) is 11.6. The Hall–Kier alpha value is -3.91. The molecule has 1 heterocycles. The van der Waals surface area contributed by atoms with E-state index in [1.807, 2.05) is 91.0 Å². The highest BCUT2D eigenvalue weighted by atomic mass is 32.2. The minimum Gasteiger partial charge on any atom is -0.375 e. The number of nitrogens with zero attached hydrogens (tertiary/aromatic N) is 3. The van der Waals surface area contributed by atoms with Crippen LogP contribution in [0, 0.1) is 16.2 Å². The van der Waals surface area contributed by atoms with Gasteiger partial charge in [-0.05, 0) is 35.8 Å². The maximum absolute atomic E-state index is 15.7. The fraction of sp³-hybridized carbons (Fsp3) is 0.179. The molecule has 0 aliphatic carbocycles. The van der Waals surface area contributed by atoms with Crippen molar-refractivity contribution in [2.75, 3.05) is 12.8 Å². The van der Waals surface area contributed by atoms with Crippen LogP contribution in [-0.4, -0.2) is 27.3 Å². The van der Waals surface area contributed by atoms with Gasteiger partial charge in [-0.1, -0.05) is 91.0 Å². The smallest absolute Gasteiger partial charge is 0.290 e. The number of aromatic nitrogens is 2. The molecule has 0 unspecified atom stereocenters. The third-order valence-electron chi connectivity index (χ3n) is 6.00. The predicted octanol–water partition coefficient (Wildman–Crippen LogP) is 5.82. The minimum atomic E-state index is -0.960. The first-order valence-corrected chi connectivity index (χ1v) is 12.8. The zero-order chi connectivity index (χ0) is 25.4. The summed E-state index contributed by atoms with van der Waals surface area (Å²) >= 11 is 1.28. The molecule has 6 nitrogen and oxygen atoms in total. The summed E-state index contributed by atoms with van der Waals surface area (Å²) in [6, 6.07) is 29.6. The maximum Gasteiger partial charge on any atom is 0.290 e. The summed E-state index contributed by atoms with van der Waals surface area (Å²) in [6.07, 6.45) is 5.09. The van der Waals surface area contributed by atoms with Crippen LogP contribution in [0.2, 0.25) is 0 Å². The van der Waals surface area contributed by atoms with E-state index in [1.54, 1.807) is 17.0 Å². The Morgan fingerprint density at radius 1 is 1.00 bits per heavy atom. The van der Waals surface area contributed by atoms with Crippen LogP contribution in [0.1, 0.15) is 28.8 Å². The Kier molecular flexibility index (Phi) is 8.17. The molecule has 0 atom stereocenters. The van der Waals surface area contributed by atoms with E-state index in [2.05, 4.69) is 10.3 Å². The average Bonchev–Trinajstić information content (AvgIpc) is 3.28. The predicted molar refractivity (Wildman–Crippen MR) is 142 cm³/mol. The van der Waals surface area contributed by atoms with Crippen molar-refractivity contribution in [1.29, 1.82) is 0 Å². The summed E-state index contributed by atoms with van der Waals surface area (Å²) in [5.41, 5.74) is 2.41. The van der Waals surface area contributed by atoms with E-state index < -0.39 is 16.5 Å². The van der Waals surface area contributed by atoms with Gasteiger partial charge in [0.1, 0.15) is 10.6 Å². The van der Waals surface area contributed by atoms with Gasteiger partial charge in [-0.15, -0.1) is 11.8 Å². The summed E-state index contributed by atoms with van der Waals surface area (Å²) in [4.78, 5) is 14.5. The second kappa shape index (κ2) is 11.7. The second-order valence-electron chi connectivity index (χ2n) is 8.19. The standard InChI is InChI=1S/C28H27FN4O2S/c1-36-26(21-33(34)35)30-19-11-18-25-20-32(27(29)31-25)28(22-12-5-2-6-13-22,23-14-7-3-8-15-23)24-16-9-4-10-17-24/h2-10,12-17,20-21,30H,11,18-19H2,1H3. The molecule has 0 saturated heterocycles. The molecule has 1 N–H and O–H groups in total. The zero-order valence-corrected chi connectivity index (χ0v) is 20.7. The highest BCUT2D eigenvalue weighted by Gasteiger charge is 2.40. The highest BCUT2D eigenvalue weighted by molar-refractivity contribution is 8.02. The van der Waals surface area contributed by atoms with E-state index >= 15 is 4.39 Å². The van der Waals surface area contributed by atoms with Crippen molar-refractivity contribution in [2.45, 2.75) is 18.4 Å². The lowest BCUT2D eigenvalue weighted by Crippen LogP contribution is -2.38. The molecule has 1 aromatic heterocycles. The van der Waals surface area contributed by atoms with E-state index in [9.17, 15) is 10.1 Å². The molecular weight excluding hydrogens is 475 g/mol. The fourth-order valence-electron chi connectivity index (χ4n) is 4.46. The number of thioether (sulfide) groups is 1. The third kappa shape index (κ3) is 5.33. The Balaban J connectivity index is 1.73. The molecule has 4 aromatic rings. The lowest BCUT2D eigenvalue weighted by atomic mass is 9.76.